The second kappa shape index (κ2) is 6.94. The van der Waals surface area contributed by atoms with Gasteiger partial charge < -0.3 is 5.32 Å². The van der Waals surface area contributed by atoms with Gasteiger partial charge in [-0.1, -0.05) is 18.6 Å². The molecule has 0 unspecified atom stereocenters. The highest BCUT2D eigenvalue weighted by Gasteiger charge is 2.24. The predicted molar refractivity (Wildman–Crippen MR) is 93.7 cm³/mol. The summed E-state index contributed by atoms with van der Waals surface area (Å²) in [5.41, 5.74) is 4.67. The first-order valence-corrected chi connectivity index (χ1v) is 10.2. The lowest BCUT2D eigenvalue weighted by molar-refractivity contribution is 0.0750. The van der Waals surface area contributed by atoms with Crippen molar-refractivity contribution in [3.8, 4) is 0 Å². The maximum absolute atomic E-state index is 12.5. The minimum atomic E-state index is -3.37. The van der Waals surface area contributed by atoms with Crippen molar-refractivity contribution in [2.75, 3.05) is 25.9 Å². The van der Waals surface area contributed by atoms with Crippen molar-refractivity contribution >= 4 is 20.6 Å². The summed E-state index contributed by atoms with van der Waals surface area (Å²) in [7, 11) is -3.37. The van der Waals surface area contributed by atoms with Gasteiger partial charge in [-0.25, -0.2) is 13.4 Å². The molecule has 2 N–H and O–H groups in total. The molecule has 0 radical (unpaired) electrons. The van der Waals surface area contributed by atoms with E-state index in [1.54, 1.807) is 24.3 Å². The number of nitrogens with zero attached hydrogens (tertiary/aromatic N) is 1. The Morgan fingerprint density at radius 3 is 2.42 bits per heavy atom. The van der Waals surface area contributed by atoms with E-state index < -0.39 is 9.84 Å². The number of nitrogens with one attached hydrogen (secondary N) is 2. The molecule has 2 fully saturated rings. The fourth-order valence-corrected chi connectivity index (χ4v) is 4.25. The van der Waals surface area contributed by atoms with Crippen LogP contribution in [0.5, 0.6) is 0 Å². The van der Waals surface area contributed by atoms with Gasteiger partial charge in [-0.05, 0) is 30.5 Å². The van der Waals surface area contributed by atoms with Gasteiger partial charge in [-0.2, -0.15) is 0 Å². The summed E-state index contributed by atoms with van der Waals surface area (Å²) in [6.45, 7) is 2.49. The lowest BCUT2D eigenvalue weighted by Gasteiger charge is -2.27. The minimum Gasteiger partial charge on any atom is -0.387 e. The van der Waals surface area contributed by atoms with Crippen LogP contribution < -0.4 is 10.7 Å². The minimum absolute atomic E-state index is 0.196. The number of hydrogen-bond donors (Lipinski definition) is 2. The zero-order valence-electron chi connectivity index (χ0n) is 13.8. The molecule has 2 saturated heterocycles. The third-order valence-electron chi connectivity index (χ3n) is 4.36. The molecule has 7 heteroatoms. The maximum Gasteiger partial charge on any atom is 0.265 e. The second-order valence-electron chi connectivity index (χ2n) is 6.33. The number of rotatable bonds is 4. The molecule has 0 saturated carbocycles. The summed E-state index contributed by atoms with van der Waals surface area (Å²) >= 11 is 0. The number of carbonyl (C=O) groups is 1. The van der Waals surface area contributed by atoms with Gasteiger partial charge in [-0.3, -0.25) is 10.2 Å². The molecular formula is C17H23N3O3S. The first-order valence-electron chi connectivity index (χ1n) is 8.28. The van der Waals surface area contributed by atoms with Crippen molar-refractivity contribution in [2.45, 2.75) is 25.7 Å². The van der Waals surface area contributed by atoms with Gasteiger partial charge >= 0.3 is 0 Å². The number of amides is 1. The predicted octanol–water partition coefficient (Wildman–Crippen LogP) is 1.52. The fraction of sp³-hybridized carbons (Fsp3) is 0.471. The molecule has 2 aliphatic heterocycles. The van der Waals surface area contributed by atoms with E-state index in [4.69, 9.17) is 0 Å². The summed E-state index contributed by atoms with van der Waals surface area (Å²) in [5.74, 6) is -0.196. The monoisotopic (exact) mass is 349 g/mol. The standard InChI is InChI=1S/C17H23N3O3S/c1-24(22,23)16(15-8-9-18-15)13-6-5-7-14(12-13)17(21)19-20-10-3-2-4-11-20/h5-7,12,18H,2-4,8-11H2,1H3,(H,19,21). The van der Waals surface area contributed by atoms with Crippen LogP contribution in [0.25, 0.3) is 4.91 Å². The van der Waals surface area contributed by atoms with Crippen LogP contribution in [-0.2, 0) is 9.84 Å². The number of sulfone groups is 1. The Bertz CT molecular complexity index is 759. The van der Waals surface area contributed by atoms with Crippen LogP contribution in [0.2, 0.25) is 0 Å². The van der Waals surface area contributed by atoms with Gasteiger partial charge in [0.15, 0.2) is 9.84 Å². The van der Waals surface area contributed by atoms with Crippen molar-refractivity contribution in [1.29, 1.82) is 0 Å². The molecule has 3 rings (SSSR count). The van der Waals surface area contributed by atoms with Crippen molar-refractivity contribution in [1.82, 2.24) is 15.8 Å². The third kappa shape index (κ3) is 3.79. The molecule has 0 bridgehead atoms. The number of hydrazine groups is 1. The molecular weight excluding hydrogens is 326 g/mol. The Morgan fingerprint density at radius 1 is 1.17 bits per heavy atom. The van der Waals surface area contributed by atoms with E-state index in [1.807, 2.05) is 5.01 Å². The topological polar surface area (TPSA) is 78.5 Å². The summed E-state index contributed by atoms with van der Waals surface area (Å²) in [6.07, 6.45) is 5.27. The first kappa shape index (κ1) is 17.0. The smallest absolute Gasteiger partial charge is 0.265 e. The number of benzene rings is 1. The van der Waals surface area contributed by atoms with Crippen LogP contribution in [0.3, 0.4) is 0 Å². The highest BCUT2D eigenvalue weighted by molar-refractivity contribution is 8.00. The number of piperidine rings is 1. The zero-order valence-corrected chi connectivity index (χ0v) is 14.7. The van der Waals surface area contributed by atoms with E-state index in [1.165, 1.54) is 12.7 Å². The second-order valence-corrected chi connectivity index (χ2v) is 8.28. The van der Waals surface area contributed by atoms with Gasteiger partial charge in [0, 0.05) is 43.6 Å². The maximum atomic E-state index is 12.5. The molecule has 0 atom stereocenters. The summed E-state index contributed by atoms with van der Waals surface area (Å²) in [5, 5.41) is 4.99. The van der Waals surface area contributed by atoms with Gasteiger partial charge in [-0.15, -0.1) is 0 Å². The Morgan fingerprint density at radius 2 is 1.83 bits per heavy atom. The average molecular weight is 349 g/mol. The Kier molecular flexibility index (Phi) is 4.91. The molecule has 1 aromatic carbocycles. The van der Waals surface area contributed by atoms with E-state index in [-0.39, 0.29) is 5.91 Å². The molecule has 24 heavy (non-hydrogen) atoms. The van der Waals surface area contributed by atoms with E-state index in [9.17, 15) is 13.2 Å². The Hall–Kier alpha value is -1.86. The van der Waals surface area contributed by atoms with Crippen molar-refractivity contribution in [3.63, 3.8) is 0 Å². The third-order valence-corrected chi connectivity index (χ3v) is 5.58. The summed E-state index contributed by atoms with van der Waals surface area (Å²) in [6, 6.07) is 6.83. The van der Waals surface area contributed by atoms with Crippen molar-refractivity contribution in [3.05, 3.63) is 41.1 Å². The Balaban J connectivity index is 1.84. The summed E-state index contributed by atoms with van der Waals surface area (Å²) in [4.78, 5) is 12.7. The molecule has 0 aliphatic carbocycles. The van der Waals surface area contributed by atoms with Gasteiger partial charge in [0.2, 0.25) is 0 Å². The quantitative estimate of drug-likeness (QED) is 0.862. The zero-order chi connectivity index (χ0) is 17.2. The van der Waals surface area contributed by atoms with Crippen LogP contribution in [0, 0.1) is 0 Å². The SMILES string of the molecule is CS(=O)(=O)C(=C1CCN1)c1cccc(C(=O)NN2CCCCC2)c1. The van der Waals surface area contributed by atoms with Gasteiger partial charge in [0.25, 0.3) is 5.91 Å². The highest BCUT2D eigenvalue weighted by atomic mass is 32.2. The van der Waals surface area contributed by atoms with E-state index in [0.29, 0.717) is 22.5 Å². The largest absolute Gasteiger partial charge is 0.387 e. The van der Waals surface area contributed by atoms with Crippen LogP contribution in [0.1, 0.15) is 41.6 Å². The molecule has 6 nitrogen and oxygen atoms in total. The molecule has 0 aromatic heterocycles. The van der Waals surface area contributed by atoms with E-state index in [2.05, 4.69) is 10.7 Å². The molecule has 1 amide bonds. The van der Waals surface area contributed by atoms with Crippen LogP contribution >= 0.6 is 0 Å². The van der Waals surface area contributed by atoms with E-state index >= 15 is 0 Å². The normalized spacial score (nSPS) is 20.7. The first-order chi connectivity index (χ1) is 11.4. The number of hydrogen-bond acceptors (Lipinski definition) is 5. The van der Waals surface area contributed by atoms with E-state index in [0.717, 1.165) is 38.2 Å². The number of carbonyl (C=O) groups excluding carboxylic acids is 1. The van der Waals surface area contributed by atoms with Crippen molar-refractivity contribution < 1.29 is 13.2 Å². The lowest BCUT2D eigenvalue weighted by Crippen LogP contribution is -2.45. The molecule has 2 aliphatic rings. The van der Waals surface area contributed by atoms with Gasteiger partial charge in [0.1, 0.15) is 0 Å². The Labute approximate surface area is 142 Å². The van der Waals surface area contributed by atoms with Gasteiger partial charge in [0.05, 0.1) is 4.91 Å². The van der Waals surface area contributed by atoms with Crippen LogP contribution in [0.4, 0.5) is 0 Å². The van der Waals surface area contributed by atoms with Crippen molar-refractivity contribution in [2.24, 2.45) is 0 Å². The van der Waals surface area contributed by atoms with Crippen LogP contribution in [-0.4, -0.2) is 45.2 Å². The molecule has 0 spiro atoms. The molecule has 130 valence electrons. The molecule has 2 heterocycles. The van der Waals surface area contributed by atoms with Crippen LogP contribution in [0.15, 0.2) is 30.0 Å². The highest BCUT2D eigenvalue weighted by Crippen LogP contribution is 2.28. The molecule has 1 aromatic rings. The summed E-state index contributed by atoms with van der Waals surface area (Å²) < 4.78 is 24.3. The average Bonchev–Trinajstić information content (AvgIpc) is 2.50. The fourth-order valence-electron chi connectivity index (χ4n) is 3.07. The lowest BCUT2D eigenvalue weighted by atomic mass is 10.1.